The van der Waals surface area contributed by atoms with Crippen molar-refractivity contribution in [3.63, 3.8) is 0 Å². The molecule has 0 amide bonds. The van der Waals surface area contributed by atoms with Gasteiger partial charge >= 0.3 is 0 Å². The Morgan fingerprint density at radius 1 is 0.185 bits per heavy atom. The molecule has 0 atom stereocenters. The Balaban J connectivity index is 1.04. The first kappa shape index (κ1) is 32.7. The van der Waals surface area contributed by atoms with Crippen molar-refractivity contribution in [3.8, 4) is 89.5 Å². The number of nitrogens with zero attached hydrogens (tertiary/aromatic N) is 2. The van der Waals surface area contributed by atoms with Crippen molar-refractivity contribution < 1.29 is 0 Å². The monoisotopic (exact) mass is 688 g/mol. The lowest BCUT2D eigenvalue weighted by atomic mass is 9.98. The summed E-state index contributed by atoms with van der Waals surface area (Å²) < 4.78 is 0. The quantitative estimate of drug-likeness (QED) is 0.159. The van der Waals surface area contributed by atoms with E-state index in [1.165, 1.54) is 38.9 Å². The predicted octanol–water partition coefficient (Wildman–Crippen LogP) is 13.8. The lowest BCUT2D eigenvalue weighted by Crippen LogP contribution is -1.96. The fraction of sp³-hybridized carbons (Fsp3) is 0. The lowest BCUT2D eigenvalue weighted by molar-refractivity contribution is 1.18. The molecular weight excluding hydrogens is 653 g/mol. The second-order valence-corrected chi connectivity index (χ2v) is 13.4. The van der Waals surface area contributed by atoms with Crippen LogP contribution in [0.25, 0.3) is 89.5 Å². The minimum Gasteiger partial charge on any atom is -0.228 e. The average Bonchev–Trinajstić information content (AvgIpc) is 3.27. The van der Waals surface area contributed by atoms with E-state index in [1.807, 2.05) is 18.2 Å². The topological polar surface area (TPSA) is 25.8 Å². The molecule has 254 valence electrons. The highest BCUT2D eigenvalue weighted by Gasteiger charge is 2.12. The smallest absolute Gasteiger partial charge is 0.160 e. The van der Waals surface area contributed by atoms with E-state index in [1.54, 1.807) is 0 Å². The van der Waals surface area contributed by atoms with Crippen LogP contribution >= 0.6 is 0 Å². The molecule has 2 nitrogen and oxygen atoms in total. The third kappa shape index (κ3) is 7.01. The first-order chi connectivity index (χ1) is 26.7. The van der Waals surface area contributed by atoms with Gasteiger partial charge in [-0.25, -0.2) is 9.97 Å². The molecule has 0 bridgehead atoms. The predicted molar refractivity (Wildman–Crippen MR) is 226 cm³/mol. The van der Waals surface area contributed by atoms with E-state index in [-0.39, 0.29) is 0 Å². The maximum Gasteiger partial charge on any atom is 0.160 e. The molecule has 54 heavy (non-hydrogen) atoms. The highest BCUT2D eigenvalue weighted by atomic mass is 14.9. The van der Waals surface area contributed by atoms with E-state index in [9.17, 15) is 0 Å². The van der Waals surface area contributed by atoms with Gasteiger partial charge in [-0.05, 0) is 61.7 Å². The molecule has 0 saturated carbocycles. The minimum absolute atomic E-state index is 0.697. The summed E-state index contributed by atoms with van der Waals surface area (Å²) in [5.41, 5.74) is 16.7. The largest absolute Gasteiger partial charge is 0.228 e. The number of hydrogen-bond acceptors (Lipinski definition) is 2. The second kappa shape index (κ2) is 14.8. The lowest BCUT2D eigenvalue weighted by Gasteiger charge is -2.11. The van der Waals surface area contributed by atoms with Gasteiger partial charge in [-0.1, -0.05) is 212 Å². The molecule has 1 aromatic heterocycles. The van der Waals surface area contributed by atoms with E-state index in [2.05, 4.69) is 200 Å². The summed E-state index contributed by atoms with van der Waals surface area (Å²) in [6.07, 6.45) is 0. The van der Waals surface area contributed by atoms with Crippen molar-refractivity contribution in [3.05, 3.63) is 218 Å². The van der Waals surface area contributed by atoms with Crippen LogP contribution in [0.5, 0.6) is 0 Å². The Labute approximate surface area is 316 Å². The summed E-state index contributed by atoms with van der Waals surface area (Å²) in [7, 11) is 0. The summed E-state index contributed by atoms with van der Waals surface area (Å²) in [5.74, 6) is 0.697. The molecule has 2 heteroatoms. The number of rotatable bonds is 8. The van der Waals surface area contributed by atoms with Crippen molar-refractivity contribution in [2.24, 2.45) is 0 Å². The van der Waals surface area contributed by atoms with Crippen molar-refractivity contribution in [2.75, 3.05) is 0 Å². The maximum absolute atomic E-state index is 5.14. The molecule has 0 fully saturated rings. The first-order valence-electron chi connectivity index (χ1n) is 18.3. The summed E-state index contributed by atoms with van der Waals surface area (Å²) in [6, 6.07) is 77.0. The van der Waals surface area contributed by atoms with E-state index < -0.39 is 0 Å². The molecule has 8 aromatic carbocycles. The highest BCUT2D eigenvalue weighted by molar-refractivity contribution is 5.78. The SMILES string of the molecule is c1ccc(-c2ccc(-c3ccc(-c4cc(-c5ccc(-c6ccc(-c7ccccc7)cc6)cc5)nc(-c5ccc(-c6ccccc6)cc5)n4)cc3)cc2)cc1. The second-order valence-electron chi connectivity index (χ2n) is 13.4. The summed E-state index contributed by atoms with van der Waals surface area (Å²) in [6.45, 7) is 0. The molecular formula is C52H36N2. The van der Waals surface area contributed by atoms with Crippen LogP contribution in [0.3, 0.4) is 0 Å². The molecule has 0 N–H and O–H groups in total. The molecule has 0 radical (unpaired) electrons. The third-order valence-electron chi connectivity index (χ3n) is 9.99. The molecule has 1 heterocycles. The summed E-state index contributed by atoms with van der Waals surface area (Å²) in [4.78, 5) is 10.3. The Morgan fingerprint density at radius 2 is 0.389 bits per heavy atom. The Morgan fingerprint density at radius 3 is 0.648 bits per heavy atom. The van der Waals surface area contributed by atoms with Gasteiger partial charge in [0.2, 0.25) is 0 Å². The zero-order valence-electron chi connectivity index (χ0n) is 29.7. The van der Waals surface area contributed by atoms with Gasteiger partial charge in [0.05, 0.1) is 11.4 Å². The Bertz CT molecular complexity index is 2470. The van der Waals surface area contributed by atoms with Crippen LogP contribution in [0.15, 0.2) is 218 Å². The van der Waals surface area contributed by atoms with Crippen molar-refractivity contribution >= 4 is 0 Å². The Hall–Kier alpha value is -7.16. The van der Waals surface area contributed by atoms with Gasteiger partial charge in [0, 0.05) is 16.7 Å². The molecule has 0 unspecified atom stereocenters. The zero-order chi connectivity index (χ0) is 36.1. The maximum atomic E-state index is 5.14. The molecule has 0 spiro atoms. The van der Waals surface area contributed by atoms with Gasteiger partial charge in [-0.2, -0.15) is 0 Å². The standard InChI is InChI=1S/C52H36N2/c1-4-10-37(11-5-1)40-16-20-43(21-17-40)45-24-30-47(31-25-45)50-36-51(54-52(53-50)49-34-28-42(29-35-49)39-14-8-3-9-15-39)48-32-26-46(27-33-48)44-22-18-41(19-23-44)38-12-6-2-7-13-38/h1-36H. The van der Waals surface area contributed by atoms with Crippen molar-refractivity contribution in [1.82, 2.24) is 9.97 Å². The van der Waals surface area contributed by atoms with Gasteiger partial charge in [0.1, 0.15) is 0 Å². The summed E-state index contributed by atoms with van der Waals surface area (Å²) in [5, 5.41) is 0. The van der Waals surface area contributed by atoms with Gasteiger partial charge in [-0.15, -0.1) is 0 Å². The molecule has 9 aromatic rings. The van der Waals surface area contributed by atoms with Crippen LogP contribution in [0.2, 0.25) is 0 Å². The Kier molecular flexibility index (Phi) is 8.99. The molecule has 0 aliphatic heterocycles. The number of benzene rings is 8. The minimum atomic E-state index is 0.697. The molecule has 0 saturated heterocycles. The fourth-order valence-electron chi connectivity index (χ4n) is 6.95. The number of hydrogen-bond donors (Lipinski definition) is 0. The van der Waals surface area contributed by atoms with Crippen LogP contribution in [-0.4, -0.2) is 9.97 Å². The van der Waals surface area contributed by atoms with E-state index in [0.717, 1.165) is 44.8 Å². The van der Waals surface area contributed by atoms with E-state index >= 15 is 0 Å². The number of aromatic nitrogens is 2. The summed E-state index contributed by atoms with van der Waals surface area (Å²) >= 11 is 0. The van der Waals surface area contributed by atoms with Crippen LogP contribution in [0, 0.1) is 0 Å². The molecule has 0 aliphatic carbocycles. The first-order valence-corrected chi connectivity index (χ1v) is 18.3. The molecule has 9 rings (SSSR count). The van der Waals surface area contributed by atoms with Crippen LogP contribution < -0.4 is 0 Å². The van der Waals surface area contributed by atoms with Gasteiger partial charge in [0.25, 0.3) is 0 Å². The highest BCUT2D eigenvalue weighted by Crippen LogP contribution is 2.33. The molecule has 0 aliphatic rings. The average molecular weight is 689 g/mol. The van der Waals surface area contributed by atoms with Crippen LogP contribution in [0.1, 0.15) is 0 Å². The fourth-order valence-corrected chi connectivity index (χ4v) is 6.95. The van der Waals surface area contributed by atoms with Gasteiger partial charge < -0.3 is 0 Å². The normalized spacial score (nSPS) is 11.0. The van der Waals surface area contributed by atoms with Crippen LogP contribution in [0.4, 0.5) is 0 Å². The van der Waals surface area contributed by atoms with Gasteiger partial charge in [-0.3, -0.25) is 0 Å². The van der Waals surface area contributed by atoms with Gasteiger partial charge in [0.15, 0.2) is 5.82 Å². The van der Waals surface area contributed by atoms with Crippen LogP contribution in [-0.2, 0) is 0 Å². The van der Waals surface area contributed by atoms with E-state index in [4.69, 9.17) is 9.97 Å². The zero-order valence-corrected chi connectivity index (χ0v) is 29.7. The van der Waals surface area contributed by atoms with Crippen molar-refractivity contribution in [1.29, 1.82) is 0 Å². The van der Waals surface area contributed by atoms with E-state index in [0.29, 0.717) is 5.82 Å². The third-order valence-corrected chi connectivity index (χ3v) is 9.99. The van der Waals surface area contributed by atoms with Crippen molar-refractivity contribution in [2.45, 2.75) is 0 Å².